The third-order valence-electron chi connectivity index (χ3n) is 4.55. The molecule has 2 aliphatic rings. The van der Waals surface area contributed by atoms with E-state index in [0.717, 1.165) is 32.2 Å². The number of amides is 1. The van der Waals surface area contributed by atoms with Crippen molar-refractivity contribution in [2.75, 3.05) is 39.8 Å². The minimum absolute atomic E-state index is 0.199. The summed E-state index contributed by atoms with van der Waals surface area (Å²) >= 11 is 0. The lowest BCUT2D eigenvalue weighted by Gasteiger charge is -2.38. The summed E-state index contributed by atoms with van der Waals surface area (Å²) in [5, 5.41) is 2.68. The number of esters is 1. The number of nitrogens with zero attached hydrogens (tertiary/aromatic N) is 2. The van der Waals surface area contributed by atoms with Crippen LogP contribution in [0.3, 0.4) is 0 Å². The molecular formula is C15H27N3O3. The standard InChI is InChI=1S/C15H27N3O3/c1-12(19)16-14(15(20)21-2)11-17-7-9-18(10-8-17)13-5-3-4-6-13/h13-14H,3-11H2,1-2H3,(H,16,19). The fourth-order valence-corrected chi connectivity index (χ4v) is 3.41. The van der Waals surface area contributed by atoms with Gasteiger partial charge >= 0.3 is 5.97 Å². The molecule has 6 heteroatoms. The molecule has 2 fully saturated rings. The highest BCUT2D eigenvalue weighted by Crippen LogP contribution is 2.24. The van der Waals surface area contributed by atoms with E-state index in [0.29, 0.717) is 6.54 Å². The van der Waals surface area contributed by atoms with Crippen molar-refractivity contribution in [3.63, 3.8) is 0 Å². The predicted molar refractivity (Wildman–Crippen MR) is 79.9 cm³/mol. The van der Waals surface area contributed by atoms with E-state index in [-0.39, 0.29) is 11.9 Å². The maximum absolute atomic E-state index is 11.7. The molecule has 0 aromatic carbocycles. The largest absolute Gasteiger partial charge is 0.467 e. The third-order valence-corrected chi connectivity index (χ3v) is 4.55. The van der Waals surface area contributed by atoms with Gasteiger partial charge in [-0.05, 0) is 12.8 Å². The zero-order valence-corrected chi connectivity index (χ0v) is 13.1. The van der Waals surface area contributed by atoms with Gasteiger partial charge in [-0.25, -0.2) is 4.79 Å². The number of carbonyl (C=O) groups excluding carboxylic acids is 2. The Labute approximate surface area is 126 Å². The summed E-state index contributed by atoms with van der Waals surface area (Å²) in [6.07, 6.45) is 5.38. The molecule has 1 aliphatic heterocycles. The normalized spacial score (nSPS) is 23.0. The van der Waals surface area contributed by atoms with Crippen LogP contribution < -0.4 is 5.32 Å². The van der Waals surface area contributed by atoms with Crippen molar-refractivity contribution in [3.05, 3.63) is 0 Å². The van der Waals surface area contributed by atoms with Crippen molar-refractivity contribution in [1.29, 1.82) is 0 Å². The first-order valence-electron chi connectivity index (χ1n) is 7.91. The molecule has 1 aliphatic carbocycles. The Balaban J connectivity index is 1.79. The molecule has 1 saturated carbocycles. The van der Waals surface area contributed by atoms with Crippen molar-refractivity contribution in [2.45, 2.75) is 44.7 Å². The Morgan fingerprint density at radius 3 is 2.33 bits per heavy atom. The second-order valence-corrected chi connectivity index (χ2v) is 6.05. The number of ether oxygens (including phenoxy) is 1. The minimum atomic E-state index is -0.564. The molecule has 0 spiro atoms. The molecule has 6 nitrogen and oxygen atoms in total. The van der Waals surface area contributed by atoms with Gasteiger partial charge in [0, 0.05) is 45.7 Å². The summed E-state index contributed by atoms with van der Waals surface area (Å²) in [4.78, 5) is 27.7. The fourth-order valence-electron chi connectivity index (χ4n) is 3.41. The minimum Gasteiger partial charge on any atom is -0.467 e. The molecule has 0 aromatic rings. The lowest BCUT2D eigenvalue weighted by atomic mass is 10.1. The molecule has 21 heavy (non-hydrogen) atoms. The molecule has 1 saturated heterocycles. The Kier molecular flexibility index (Phi) is 5.99. The van der Waals surface area contributed by atoms with Gasteiger partial charge in [0.15, 0.2) is 0 Å². The zero-order chi connectivity index (χ0) is 15.2. The third kappa shape index (κ3) is 4.68. The Morgan fingerprint density at radius 2 is 1.81 bits per heavy atom. The van der Waals surface area contributed by atoms with E-state index >= 15 is 0 Å². The second-order valence-electron chi connectivity index (χ2n) is 6.05. The molecule has 0 radical (unpaired) electrons. The Hall–Kier alpha value is -1.14. The second kappa shape index (κ2) is 7.75. The molecular weight excluding hydrogens is 270 g/mol. The van der Waals surface area contributed by atoms with E-state index in [1.165, 1.54) is 39.7 Å². The monoisotopic (exact) mass is 297 g/mol. The lowest BCUT2D eigenvalue weighted by molar-refractivity contribution is -0.145. The van der Waals surface area contributed by atoms with Crippen LogP contribution in [0, 0.1) is 0 Å². The summed E-state index contributed by atoms with van der Waals surface area (Å²) < 4.78 is 4.77. The van der Waals surface area contributed by atoms with Gasteiger partial charge in [0.05, 0.1) is 7.11 Å². The first-order valence-corrected chi connectivity index (χ1v) is 7.91. The van der Waals surface area contributed by atoms with Gasteiger partial charge in [0.2, 0.25) is 5.91 Å². The van der Waals surface area contributed by atoms with Gasteiger partial charge in [-0.15, -0.1) is 0 Å². The van der Waals surface area contributed by atoms with Crippen LogP contribution in [0.2, 0.25) is 0 Å². The van der Waals surface area contributed by atoms with Crippen molar-refractivity contribution in [3.8, 4) is 0 Å². The van der Waals surface area contributed by atoms with Crippen molar-refractivity contribution >= 4 is 11.9 Å². The molecule has 1 heterocycles. The first-order chi connectivity index (χ1) is 10.1. The van der Waals surface area contributed by atoms with Crippen LogP contribution in [0.5, 0.6) is 0 Å². The molecule has 1 amide bonds. The van der Waals surface area contributed by atoms with E-state index in [1.54, 1.807) is 0 Å². The van der Waals surface area contributed by atoms with E-state index in [1.807, 2.05) is 0 Å². The van der Waals surface area contributed by atoms with Crippen LogP contribution in [0.15, 0.2) is 0 Å². The number of nitrogens with one attached hydrogen (secondary N) is 1. The van der Waals surface area contributed by atoms with Gasteiger partial charge in [-0.3, -0.25) is 14.6 Å². The maximum Gasteiger partial charge on any atom is 0.329 e. The number of carbonyl (C=O) groups is 2. The quantitative estimate of drug-likeness (QED) is 0.736. The average molecular weight is 297 g/mol. The molecule has 0 aromatic heterocycles. The predicted octanol–water partition coefficient (Wildman–Crippen LogP) is 0.224. The van der Waals surface area contributed by atoms with Gasteiger partial charge in [-0.2, -0.15) is 0 Å². The van der Waals surface area contributed by atoms with Crippen molar-refractivity contribution < 1.29 is 14.3 Å². The summed E-state index contributed by atoms with van der Waals surface area (Å²) in [5.74, 6) is -0.571. The van der Waals surface area contributed by atoms with Crippen LogP contribution in [0.1, 0.15) is 32.6 Å². The van der Waals surface area contributed by atoms with Gasteiger partial charge in [-0.1, -0.05) is 12.8 Å². The summed E-state index contributed by atoms with van der Waals surface area (Å²) in [6, 6.07) is 0.199. The summed E-state index contributed by atoms with van der Waals surface area (Å²) in [7, 11) is 1.36. The summed E-state index contributed by atoms with van der Waals surface area (Å²) in [5.41, 5.74) is 0. The number of piperazine rings is 1. The van der Waals surface area contributed by atoms with E-state index in [9.17, 15) is 9.59 Å². The molecule has 0 bridgehead atoms. The van der Waals surface area contributed by atoms with Crippen LogP contribution in [-0.2, 0) is 14.3 Å². The van der Waals surface area contributed by atoms with Crippen LogP contribution in [0.25, 0.3) is 0 Å². The molecule has 1 unspecified atom stereocenters. The smallest absolute Gasteiger partial charge is 0.329 e. The highest BCUT2D eigenvalue weighted by atomic mass is 16.5. The number of hydrogen-bond donors (Lipinski definition) is 1. The van der Waals surface area contributed by atoms with Crippen molar-refractivity contribution in [2.24, 2.45) is 0 Å². The van der Waals surface area contributed by atoms with Gasteiger partial charge in [0.1, 0.15) is 6.04 Å². The van der Waals surface area contributed by atoms with E-state index in [2.05, 4.69) is 15.1 Å². The van der Waals surface area contributed by atoms with Crippen molar-refractivity contribution in [1.82, 2.24) is 15.1 Å². The maximum atomic E-state index is 11.7. The molecule has 2 rings (SSSR count). The SMILES string of the molecule is COC(=O)C(CN1CCN(C2CCCC2)CC1)NC(C)=O. The topological polar surface area (TPSA) is 61.9 Å². The fraction of sp³-hybridized carbons (Fsp3) is 0.867. The Bertz CT molecular complexity index is 361. The van der Waals surface area contributed by atoms with E-state index < -0.39 is 6.04 Å². The first kappa shape index (κ1) is 16.2. The van der Waals surface area contributed by atoms with Gasteiger partial charge < -0.3 is 10.1 Å². The van der Waals surface area contributed by atoms with Crippen LogP contribution >= 0.6 is 0 Å². The lowest BCUT2D eigenvalue weighted by Crippen LogP contribution is -2.55. The highest BCUT2D eigenvalue weighted by molar-refractivity contribution is 5.83. The number of hydrogen-bond acceptors (Lipinski definition) is 5. The molecule has 120 valence electrons. The Morgan fingerprint density at radius 1 is 1.19 bits per heavy atom. The average Bonchev–Trinajstić information content (AvgIpc) is 3.00. The summed E-state index contributed by atoms with van der Waals surface area (Å²) in [6.45, 7) is 5.96. The number of methoxy groups -OCH3 is 1. The van der Waals surface area contributed by atoms with Gasteiger partial charge in [0.25, 0.3) is 0 Å². The zero-order valence-electron chi connectivity index (χ0n) is 13.1. The van der Waals surface area contributed by atoms with Crippen LogP contribution in [-0.4, -0.2) is 73.6 Å². The van der Waals surface area contributed by atoms with E-state index in [4.69, 9.17) is 4.74 Å². The number of rotatable bonds is 5. The molecule has 1 atom stereocenters. The van der Waals surface area contributed by atoms with Crippen LogP contribution in [0.4, 0.5) is 0 Å². The highest BCUT2D eigenvalue weighted by Gasteiger charge is 2.29. The molecule has 1 N–H and O–H groups in total.